The number of hydrogen-bond donors (Lipinski definition) is 2. The van der Waals surface area contributed by atoms with Crippen molar-refractivity contribution in [3.8, 4) is 16.9 Å². The van der Waals surface area contributed by atoms with E-state index in [-0.39, 0.29) is 42.4 Å². The van der Waals surface area contributed by atoms with E-state index in [2.05, 4.69) is 72.7 Å². The van der Waals surface area contributed by atoms with Gasteiger partial charge in [0.05, 0.1) is 18.2 Å². The lowest BCUT2D eigenvalue weighted by atomic mass is 9.88. The molecule has 3 aromatic carbocycles. The molecule has 1 saturated carbocycles. The van der Waals surface area contributed by atoms with Crippen molar-refractivity contribution in [3.05, 3.63) is 83.9 Å². The summed E-state index contributed by atoms with van der Waals surface area (Å²) in [7, 11) is 2.09. The van der Waals surface area contributed by atoms with E-state index < -0.39 is 0 Å². The van der Waals surface area contributed by atoms with E-state index in [0.717, 1.165) is 32.2 Å². The summed E-state index contributed by atoms with van der Waals surface area (Å²) in [6.07, 6.45) is 4.97. The first kappa shape index (κ1) is 30.8. The third-order valence-electron chi connectivity index (χ3n) is 8.91. The van der Waals surface area contributed by atoms with Gasteiger partial charge in [0.1, 0.15) is 11.9 Å². The molecular formula is C36H45N3O4. The summed E-state index contributed by atoms with van der Waals surface area (Å²) >= 11 is 0. The van der Waals surface area contributed by atoms with E-state index in [1.54, 1.807) is 17.0 Å². The van der Waals surface area contributed by atoms with Gasteiger partial charge in [-0.15, -0.1) is 0 Å². The van der Waals surface area contributed by atoms with Gasteiger partial charge in [-0.2, -0.15) is 0 Å². The maximum Gasteiger partial charge on any atom is 0.258 e. The Hall–Kier alpha value is -3.68. The molecule has 0 saturated heterocycles. The third-order valence-corrected chi connectivity index (χ3v) is 8.91. The highest BCUT2D eigenvalue weighted by molar-refractivity contribution is 6.00. The number of anilines is 1. The summed E-state index contributed by atoms with van der Waals surface area (Å²) in [5.74, 6) is 0.378. The van der Waals surface area contributed by atoms with Gasteiger partial charge in [0.15, 0.2) is 0 Å². The molecule has 43 heavy (non-hydrogen) atoms. The van der Waals surface area contributed by atoms with Crippen LogP contribution in [0.4, 0.5) is 5.69 Å². The second-order valence-corrected chi connectivity index (χ2v) is 12.4. The molecule has 1 aliphatic carbocycles. The Balaban J connectivity index is 1.32. The van der Waals surface area contributed by atoms with Crippen molar-refractivity contribution in [2.45, 2.75) is 64.6 Å². The van der Waals surface area contributed by atoms with Gasteiger partial charge in [-0.1, -0.05) is 80.8 Å². The number of benzene rings is 3. The van der Waals surface area contributed by atoms with Crippen LogP contribution in [0.5, 0.6) is 5.75 Å². The Morgan fingerprint density at radius 1 is 1.02 bits per heavy atom. The number of nitrogens with one attached hydrogen (secondary N) is 1. The monoisotopic (exact) mass is 583 g/mol. The average Bonchev–Trinajstić information content (AvgIpc) is 3.03. The molecule has 5 rings (SSSR count). The molecule has 2 amide bonds. The van der Waals surface area contributed by atoms with Crippen molar-refractivity contribution in [1.82, 2.24) is 9.80 Å². The summed E-state index contributed by atoms with van der Waals surface area (Å²) in [6, 6.07) is 24.0. The number of ether oxygens (including phenoxy) is 1. The zero-order valence-corrected chi connectivity index (χ0v) is 25.7. The lowest BCUT2D eigenvalue weighted by molar-refractivity contribution is -0.120. The molecule has 2 N–H and O–H groups in total. The highest BCUT2D eigenvalue weighted by Gasteiger charge is 2.34. The molecule has 0 radical (unpaired) electrons. The maximum absolute atomic E-state index is 13.8. The van der Waals surface area contributed by atoms with Gasteiger partial charge in [-0.05, 0) is 61.7 Å². The lowest BCUT2D eigenvalue weighted by Crippen LogP contribution is -2.49. The molecule has 7 nitrogen and oxygen atoms in total. The molecule has 2 aliphatic rings. The fraction of sp³-hybridized carbons (Fsp3) is 0.444. The molecule has 1 aliphatic heterocycles. The van der Waals surface area contributed by atoms with E-state index >= 15 is 0 Å². The number of likely N-dealkylation sites (N-methyl/N-ethyl adjacent to an activating group) is 1. The summed E-state index contributed by atoms with van der Waals surface area (Å²) < 4.78 is 6.58. The molecule has 0 spiro atoms. The van der Waals surface area contributed by atoms with Gasteiger partial charge in [0.25, 0.3) is 5.91 Å². The highest BCUT2D eigenvalue weighted by atomic mass is 16.5. The number of fused-ring (bicyclic) bond motifs is 1. The van der Waals surface area contributed by atoms with E-state index in [1.165, 1.54) is 23.1 Å². The van der Waals surface area contributed by atoms with Crippen LogP contribution in [0.25, 0.3) is 11.1 Å². The van der Waals surface area contributed by atoms with Gasteiger partial charge < -0.3 is 20.1 Å². The van der Waals surface area contributed by atoms with Gasteiger partial charge in [-0.3, -0.25) is 14.5 Å². The predicted octanol–water partition coefficient (Wildman–Crippen LogP) is 6.22. The first-order valence-corrected chi connectivity index (χ1v) is 15.7. The molecule has 1 fully saturated rings. The van der Waals surface area contributed by atoms with Crippen LogP contribution in [-0.2, 0) is 11.3 Å². The Morgan fingerprint density at radius 2 is 1.72 bits per heavy atom. The van der Waals surface area contributed by atoms with Crippen LogP contribution in [0, 0.1) is 11.8 Å². The van der Waals surface area contributed by atoms with Crippen molar-refractivity contribution in [2.24, 2.45) is 11.8 Å². The topological polar surface area (TPSA) is 82.1 Å². The molecule has 228 valence electrons. The van der Waals surface area contributed by atoms with Crippen molar-refractivity contribution in [3.63, 3.8) is 0 Å². The van der Waals surface area contributed by atoms with Crippen molar-refractivity contribution in [2.75, 3.05) is 32.1 Å². The Morgan fingerprint density at radius 3 is 2.42 bits per heavy atom. The van der Waals surface area contributed by atoms with E-state index in [1.807, 2.05) is 19.1 Å². The molecular weight excluding hydrogens is 538 g/mol. The van der Waals surface area contributed by atoms with Crippen molar-refractivity contribution >= 4 is 17.5 Å². The maximum atomic E-state index is 13.8. The number of rotatable bonds is 9. The zero-order chi connectivity index (χ0) is 30.3. The molecule has 3 aromatic rings. The Labute approximate surface area is 255 Å². The fourth-order valence-corrected chi connectivity index (χ4v) is 6.24. The van der Waals surface area contributed by atoms with E-state index in [4.69, 9.17) is 4.74 Å². The number of carbonyl (C=O) groups excluding carboxylic acids is 2. The first-order chi connectivity index (χ1) is 20.8. The van der Waals surface area contributed by atoms with Crippen LogP contribution in [0.15, 0.2) is 72.8 Å². The molecule has 7 heteroatoms. The lowest BCUT2D eigenvalue weighted by Gasteiger charge is -2.38. The Bertz CT molecular complexity index is 1370. The van der Waals surface area contributed by atoms with E-state index in [0.29, 0.717) is 30.1 Å². The number of amides is 2. The van der Waals surface area contributed by atoms with Gasteiger partial charge >= 0.3 is 0 Å². The predicted molar refractivity (Wildman–Crippen MR) is 171 cm³/mol. The summed E-state index contributed by atoms with van der Waals surface area (Å²) in [5, 5.41) is 13.0. The number of nitrogens with zero attached hydrogens (tertiary/aromatic N) is 2. The summed E-state index contributed by atoms with van der Waals surface area (Å²) in [5.41, 5.74) is 4.62. The molecule has 1 heterocycles. The second-order valence-electron chi connectivity index (χ2n) is 12.4. The summed E-state index contributed by atoms with van der Waals surface area (Å²) in [4.78, 5) is 30.7. The van der Waals surface area contributed by atoms with Crippen molar-refractivity contribution in [1.29, 1.82) is 0 Å². The first-order valence-electron chi connectivity index (χ1n) is 15.7. The van der Waals surface area contributed by atoms with Gasteiger partial charge in [0, 0.05) is 37.2 Å². The number of hydrogen-bond acceptors (Lipinski definition) is 5. The minimum absolute atomic E-state index is 0.0175. The number of carbonyl (C=O) groups is 2. The quantitative estimate of drug-likeness (QED) is 0.312. The third kappa shape index (κ3) is 7.64. The molecule has 3 atom stereocenters. The largest absolute Gasteiger partial charge is 0.488 e. The minimum atomic E-state index is -0.345. The van der Waals surface area contributed by atoms with Crippen molar-refractivity contribution < 1.29 is 19.4 Å². The van der Waals surface area contributed by atoms with Crippen LogP contribution in [0.2, 0.25) is 0 Å². The van der Waals surface area contributed by atoms with Gasteiger partial charge in [0.2, 0.25) is 5.91 Å². The second kappa shape index (κ2) is 14.2. The smallest absolute Gasteiger partial charge is 0.258 e. The Kier molecular flexibility index (Phi) is 10.2. The molecule has 0 aromatic heterocycles. The number of aliphatic hydroxyl groups is 1. The van der Waals surface area contributed by atoms with Crippen LogP contribution in [-0.4, -0.2) is 65.6 Å². The van der Waals surface area contributed by atoms with E-state index in [9.17, 15) is 14.7 Å². The van der Waals surface area contributed by atoms with Crippen LogP contribution < -0.4 is 10.1 Å². The standard InChI is InChI=1S/C36H45N3O4/c1-25-21-39(26(2)24-40)36(42)32-20-31(37-35(41)30-12-8-5-9-13-30)18-19-33(32)43-34(25)23-38(3)22-27-14-16-29(17-15-27)28-10-6-4-7-11-28/h4,6-7,10-11,14-20,25-26,30,34,40H,5,8-9,12-13,21-24H2,1-3H3,(H,37,41)/t25-,26-,34+/m1/s1. The average molecular weight is 584 g/mol. The highest BCUT2D eigenvalue weighted by Crippen LogP contribution is 2.32. The SMILES string of the molecule is C[C@@H]1CN([C@H](C)CO)C(=O)c2cc(NC(=O)C3CCCCC3)ccc2O[C@H]1CN(C)Cc1ccc(-c2ccccc2)cc1. The zero-order valence-electron chi connectivity index (χ0n) is 25.7. The van der Waals surface area contributed by atoms with Crippen LogP contribution >= 0.6 is 0 Å². The normalized spacial score (nSPS) is 20.1. The number of aliphatic hydroxyl groups excluding tert-OH is 1. The summed E-state index contributed by atoms with van der Waals surface area (Å²) in [6.45, 7) is 5.72. The fourth-order valence-electron chi connectivity index (χ4n) is 6.24. The van der Waals surface area contributed by atoms with Crippen LogP contribution in [0.1, 0.15) is 61.9 Å². The van der Waals surface area contributed by atoms with Crippen LogP contribution in [0.3, 0.4) is 0 Å². The molecule has 0 bridgehead atoms. The molecule has 0 unspecified atom stereocenters. The minimum Gasteiger partial charge on any atom is -0.488 e. The van der Waals surface area contributed by atoms with Gasteiger partial charge in [-0.25, -0.2) is 0 Å².